The Labute approximate surface area is 106 Å². The molecule has 0 aromatic carbocycles. The van der Waals surface area contributed by atoms with E-state index in [1.807, 2.05) is 0 Å². The average molecular weight is 272 g/mol. The molecule has 0 atom stereocenters. The van der Waals surface area contributed by atoms with Crippen LogP contribution in [0.3, 0.4) is 0 Å². The summed E-state index contributed by atoms with van der Waals surface area (Å²) in [6.45, 7) is 0.356. The molecule has 0 saturated heterocycles. The van der Waals surface area contributed by atoms with Gasteiger partial charge in [0.25, 0.3) is 0 Å². The SMILES string of the molecule is CN(CCS(C)(=O)=O)c1ccc(C(N)=NO)cn1. The fraction of sp³-hybridized carbons (Fsp3) is 0.400. The van der Waals surface area contributed by atoms with Gasteiger partial charge in [0.05, 0.1) is 5.75 Å². The van der Waals surface area contributed by atoms with Crippen LogP contribution in [0.5, 0.6) is 0 Å². The van der Waals surface area contributed by atoms with Crippen LogP contribution < -0.4 is 10.6 Å². The molecule has 0 amide bonds. The molecule has 1 aromatic rings. The molecule has 3 N–H and O–H groups in total. The van der Waals surface area contributed by atoms with Crippen LogP contribution in [0, 0.1) is 0 Å². The molecule has 0 bridgehead atoms. The minimum atomic E-state index is -2.99. The molecule has 7 nitrogen and oxygen atoms in total. The van der Waals surface area contributed by atoms with E-state index in [0.717, 1.165) is 0 Å². The van der Waals surface area contributed by atoms with E-state index >= 15 is 0 Å². The molecule has 18 heavy (non-hydrogen) atoms. The van der Waals surface area contributed by atoms with Crippen LogP contribution in [0.25, 0.3) is 0 Å². The zero-order chi connectivity index (χ0) is 13.8. The zero-order valence-electron chi connectivity index (χ0n) is 10.2. The van der Waals surface area contributed by atoms with Crippen LogP contribution in [0.1, 0.15) is 5.56 Å². The van der Waals surface area contributed by atoms with Gasteiger partial charge in [0.15, 0.2) is 5.84 Å². The second-order valence-corrected chi connectivity index (χ2v) is 6.20. The van der Waals surface area contributed by atoms with Crippen LogP contribution in [0.2, 0.25) is 0 Å². The van der Waals surface area contributed by atoms with Crippen molar-refractivity contribution in [3.63, 3.8) is 0 Å². The standard InChI is InChI=1S/C10H16N4O3S/c1-14(5-6-18(2,16)17)9-4-3-8(7-12-9)10(11)13-15/h3-4,7,15H,5-6H2,1-2H3,(H2,11,13). The first-order valence-electron chi connectivity index (χ1n) is 5.16. The Kier molecular flexibility index (Phi) is 4.49. The highest BCUT2D eigenvalue weighted by Gasteiger charge is 2.08. The number of hydrogen-bond donors (Lipinski definition) is 2. The molecule has 1 aromatic heterocycles. The number of rotatable bonds is 5. The molecular weight excluding hydrogens is 256 g/mol. The van der Waals surface area contributed by atoms with Gasteiger partial charge in [-0.15, -0.1) is 0 Å². The summed E-state index contributed by atoms with van der Waals surface area (Å²) in [7, 11) is -1.25. The zero-order valence-corrected chi connectivity index (χ0v) is 11.1. The fourth-order valence-electron chi connectivity index (χ4n) is 1.24. The molecule has 0 spiro atoms. The van der Waals surface area contributed by atoms with Gasteiger partial charge in [0, 0.05) is 31.6 Å². The minimum absolute atomic E-state index is 0.0205. The predicted octanol–water partition coefficient (Wildman–Crippen LogP) is -0.343. The van der Waals surface area contributed by atoms with E-state index in [0.29, 0.717) is 17.9 Å². The third-order valence-corrected chi connectivity index (χ3v) is 3.26. The van der Waals surface area contributed by atoms with E-state index < -0.39 is 9.84 Å². The van der Waals surface area contributed by atoms with Crippen molar-refractivity contribution in [1.82, 2.24) is 4.98 Å². The second-order valence-electron chi connectivity index (χ2n) is 3.94. The summed E-state index contributed by atoms with van der Waals surface area (Å²) in [5.74, 6) is 0.661. The van der Waals surface area contributed by atoms with Gasteiger partial charge in [-0.05, 0) is 12.1 Å². The number of pyridine rings is 1. The number of oxime groups is 1. The van der Waals surface area contributed by atoms with Crippen molar-refractivity contribution < 1.29 is 13.6 Å². The average Bonchev–Trinajstić information content (AvgIpc) is 2.34. The summed E-state index contributed by atoms with van der Waals surface area (Å²) in [6.07, 6.45) is 2.65. The number of nitrogens with zero attached hydrogens (tertiary/aromatic N) is 3. The first-order chi connectivity index (χ1) is 8.33. The van der Waals surface area contributed by atoms with E-state index in [1.165, 1.54) is 12.5 Å². The topological polar surface area (TPSA) is 109 Å². The van der Waals surface area contributed by atoms with Crippen molar-refractivity contribution in [3.05, 3.63) is 23.9 Å². The molecule has 1 rings (SSSR count). The second kappa shape index (κ2) is 5.67. The van der Waals surface area contributed by atoms with Crippen molar-refractivity contribution in [1.29, 1.82) is 0 Å². The quantitative estimate of drug-likeness (QED) is 0.328. The lowest BCUT2D eigenvalue weighted by molar-refractivity contribution is 0.318. The van der Waals surface area contributed by atoms with Crippen LogP contribution in [0.4, 0.5) is 5.82 Å². The molecule has 0 radical (unpaired) electrons. The van der Waals surface area contributed by atoms with Gasteiger partial charge in [-0.3, -0.25) is 0 Å². The molecule has 100 valence electrons. The summed E-state index contributed by atoms with van der Waals surface area (Å²) in [6, 6.07) is 3.32. The van der Waals surface area contributed by atoms with Gasteiger partial charge in [0.1, 0.15) is 15.7 Å². The molecule has 0 fully saturated rings. The summed E-state index contributed by atoms with van der Waals surface area (Å²) in [5, 5.41) is 11.4. The number of nitrogens with two attached hydrogens (primary N) is 1. The van der Waals surface area contributed by atoms with Crippen molar-refractivity contribution >= 4 is 21.5 Å². The third-order valence-electron chi connectivity index (χ3n) is 2.34. The Morgan fingerprint density at radius 1 is 1.56 bits per heavy atom. The Hall–Kier alpha value is -1.83. The van der Waals surface area contributed by atoms with Gasteiger partial charge in [0.2, 0.25) is 0 Å². The first kappa shape index (κ1) is 14.2. The number of anilines is 1. The van der Waals surface area contributed by atoms with Gasteiger partial charge >= 0.3 is 0 Å². The van der Waals surface area contributed by atoms with Gasteiger partial charge < -0.3 is 15.8 Å². The highest BCUT2D eigenvalue weighted by atomic mass is 32.2. The largest absolute Gasteiger partial charge is 0.409 e. The predicted molar refractivity (Wildman–Crippen MR) is 69.7 cm³/mol. The van der Waals surface area contributed by atoms with Crippen LogP contribution in [-0.4, -0.2) is 50.0 Å². The van der Waals surface area contributed by atoms with Gasteiger partial charge in [-0.25, -0.2) is 13.4 Å². The summed E-state index contributed by atoms with van der Waals surface area (Å²) >= 11 is 0. The first-order valence-corrected chi connectivity index (χ1v) is 7.22. The lowest BCUT2D eigenvalue weighted by atomic mass is 10.2. The maximum atomic E-state index is 11.0. The maximum Gasteiger partial charge on any atom is 0.171 e. The van der Waals surface area contributed by atoms with Crippen LogP contribution in [-0.2, 0) is 9.84 Å². The molecule has 0 saturated carbocycles. The van der Waals surface area contributed by atoms with E-state index in [1.54, 1.807) is 24.1 Å². The number of sulfone groups is 1. The molecular formula is C10H16N4O3S. The van der Waals surface area contributed by atoms with Crippen LogP contribution >= 0.6 is 0 Å². The Morgan fingerprint density at radius 3 is 2.67 bits per heavy atom. The van der Waals surface area contributed by atoms with Crippen molar-refractivity contribution in [2.45, 2.75) is 0 Å². The van der Waals surface area contributed by atoms with Crippen LogP contribution in [0.15, 0.2) is 23.5 Å². The van der Waals surface area contributed by atoms with Gasteiger partial charge in [-0.1, -0.05) is 5.16 Å². The van der Waals surface area contributed by atoms with E-state index in [-0.39, 0.29) is 11.6 Å². The third kappa shape index (κ3) is 4.21. The molecule has 0 aliphatic heterocycles. The molecule has 8 heteroatoms. The lowest BCUT2D eigenvalue weighted by Gasteiger charge is -2.17. The number of aromatic nitrogens is 1. The van der Waals surface area contributed by atoms with E-state index in [9.17, 15) is 8.42 Å². The highest BCUT2D eigenvalue weighted by Crippen LogP contribution is 2.09. The maximum absolute atomic E-state index is 11.0. The van der Waals surface area contributed by atoms with Gasteiger partial charge in [-0.2, -0.15) is 0 Å². The molecule has 0 aliphatic rings. The summed E-state index contributed by atoms with van der Waals surface area (Å²) < 4.78 is 22.1. The number of hydrogen-bond acceptors (Lipinski definition) is 6. The summed E-state index contributed by atoms with van der Waals surface area (Å²) in [4.78, 5) is 5.83. The molecule has 0 unspecified atom stereocenters. The number of amidine groups is 1. The Balaban J connectivity index is 2.73. The monoisotopic (exact) mass is 272 g/mol. The minimum Gasteiger partial charge on any atom is -0.409 e. The molecule has 1 heterocycles. The Morgan fingerprint density at radius 2 is 2.22 bits per heavy atom. The van der Waals surface area contributed by atoms with Crippen molar-refractivity contribution in [2.24, 2.45) is 10.9 Å². The highest BCUT2D eigenvalue weighted by molar-refractivity contribution is 7.90. The molecule has 0 aliphatic carbocycles. The smallest absolute Gasteiger partial charge is 0.171 e. The summed E-state index contributed by atoms with van der Waals surface area (Å²) in [5.41, 5.74) is 5.90. The Bertz CT molecular complexity index is 525. The van der Waals surface area contributed by atoms with E-state index in [2.05, 4.69) is 10.1 Å². The lowest BCUT2D eigenvalue weighted by Crippen LogP contribution is -2.25. The fourth-order valence-corrected chi connectivity index (χ4v) is 1.84. The van der Waals surface area contributed by atoms with E-state index in [4.69, 9.17) is 10.9 Å². The van der Waals surface area contributed by atoms with Crippen molar-refractivity contribution in [2.75, 3.05) is 30.5 Å². The van der Waals surface area contributed by atoms with Crippen molar-refractivity contribution in [3.8, 4) is 0 Å². The normalized spacial score (nSPS) is 12.4.